The van der Waals surface area contributed by atoms with Crippen molar-refractivity contribution in [2.45, 2.75) is 19.0 Å². The second-order valence-corrected chi connectivity index (χ2v) is 7.14. The molecule has 2 amide bonds. The standard InChI is InChI=1S/C23H21ClN2O5/c24-18-10-8-17(9-11-18)14-25-21(27)15-31-23(29)19(13-16-5-2-1-3-6-16)26-22(28)20-7-4-12-30-20/h1-12,19H,13-15H2,(H,25,27)(H,26,28)/t19-/m0/s1. The van der Waals surface area contributed by atoms with Crippen molar-refractivity contribution in [3.8, 4) is 0 Å². The maximum Gasteiger partial charge on any atom is 0.329 e. The molecule has 0 spiro atoms. The molecule has 0 aliphatic carbocycles. The molecule has 1 heterocycles. The van der Waals surface area contributed by atoms with Crippen LogP contribution >= 0.6 is 11.6 Å². The maximum absolute atomic E-state index is 12.6. The van der Waals surface area contributed by atoms with Crippen molar-refractivity contribution in [1.82, 2.24) is 10.6 Å². The highest BCUT2D eigenvalue weighted by atomic mass is 35.5. The van der Waals surface area contributed by atoms with Gasteiger partial charge in [-0.05, 0) is 35.4 Å². The van der Waals surface area contributed by atoms with Crippen LogP contribution in [0.3, 0.4) is 0 Å². The molecular formula is C23H21ClN2O5. The molecule has 2 N–H and O–H groups in total. The number of benzene rings is 2. The van der Waals surface area contributed by atoms with E-state index < -0.39 is 30.4 Å². The molecule has 0 unspecified atom stereocenters. The Morgan fingerprint density at radius 1 is 0.935 bits per heavy atom. The molecule has 0 radical (unpaired) electrons. The number of nitrogens with one attached hydrogen (secondary N) is 2. The average molecular weight is 441 g/mol. The van der Waals surface area contributed by atoms with Gasteiger partial charge in [-0.3, -0.25) is 9.59 Å². The zero-order chi connectivity index (χ0) is 22.1. The molecule has 0 saturated carbocycles. The van der Waals surface area contributed by atoms with Crippen LogP contribution in [0.4, 0.5) is 0 Å². The molecule has 1 aromatic heterocycles. The van der Waals surface area contributed by atoms with Crippen molar-refractivity contribution in [3.63, 3.8) is 0 Å². The number of carbonyl (C=O) groups excluding carboxylic acids is 3. The minimum Gasteiger partial charge on any atom is -0.459 e. The Labute approximate surface area is 184 Å². The molecule has 0 bridgehead atoms. The van der Waals surface area contributed by atoms with Gasteiger partial charge in [0.15, 0.2) is 12.4 Å². The topological polar surface area (TPSA) is 97.6 Å². The van der Waals surface area contributed by atoms with Gasteiger partial charge in [0.2, 0.25) is 0 Å². The number of hydrogen-bond acceptors (Lipinski definition) is 5. The zero-order valence-electron chi connectivity index (χ0n) is 16.5. The average Bonchev–Trinajstić information content (AvgIpc) is 3.32. The number of halogens is 1. The fraction of sp³-hybridized carbons (Fsp3) is 0.174. The van der Waals surface area contributed by atoms with Gasteiger partial charge < -0.3 is 19.8 Å². The number of furan rings is 1. The van der Waals surface area contributed by atoms with Gasteiger partial charge in [-0.1, -0.05) is 54.1 Å². The lowest BCUT2D eigenvalue weighted by Gasteiger charge is -2.17. The minimum atomic E-state index is -0.982. The molecule has 3 rings (SSSR count). The van der Waals surface area contributed by atoms with Gasteiger partial charge in [0.05, 0.1) is 6.26 Å². The van der Waals surface area contributed by atoms with E-state index in [1.54, 1.807) is 30.3 Å². The summed E-state index contributed by atoms with van der Waals surface area (Å²) in [5.41, 5.74) is 1.69. The van der Waals surface area contributed by atoms with Gasteiger partial charge in [0.1, 0.15) is 6.04 Å². The first kappa shape index (κ1) is 22.1. The second kappa shape index (κ2) is 11.0. The first-order valence-electron chi connectivity index (χ1n) is 9.57. The van der Waals surface area contributed by atoms with Crippen LogP contribution in [0.15, 0.2) is 77.4 Å². The van der Waals surface area contributed by atoms with Crippen LogP contribution in [0.25, 0.3) is 0 Å². The molecule has 160 valence electrons. The molecule has 0 aliphatic rings. The Morgan fingerprint density at radius 3 is 2.35 bits per heavy atom. The quantitative estimate of drug-likeness (QED) is 0.498. The van der Waals surface area contributed by atoms with Crippen LogP contribution in [0.5, 0.6) is 0 Å². The first-order valence-corrected chi connectivity index (χ1v) is 9.95. The molecular weight excluding hydrogens is 420 g/mol. The highest BCUT2D eigenvalue weighted by Crippen LogP contribution is 2.09. The van der Waals surface area contributed by atoms with E-state index in [2.05, 4.69) is 10.6 Å². The largest absolute Gasteiger partial charge is 0.459 e. The smallest absolute Gasteiger partial charge is 0.329 e. The lowest BCUT2D eigenvalue weighted by atomic mass is 10.1. The predicted octanol–water partition coefficient (Wildman–Crippen LogP) is 3.13. The summed E-state index contributed by atoms with van der Waals surface area (Å²) in [5, 5.41) is 5.87. The van der Waals surface area contributed by atoms with Crippen molar-refractivity contribution < 1.29 is 23.5 Å². The molecule has 2 aromatic carbocycles. The molecule has 3 aromatic rings. The minimum absolute atomic E-state index is 0.0755. The van der Waals surface area contributed by atoms with Gasteiger partial charge >= 0.3 is 5.97 Å². The van der Waals surface area contributed by atoms with E-state index in [9.17, 15) is 14.4 Å². The molecule has 0 aliphatic heterocycles. The Bertz CT molecular complexity index is 1000. The van der Waals surface area contributed by atoms with Crippen LogP contribution in [0, 0.1) is 0 Å². The summed E-state index contributed by atoms with van der Waals surface area (Å²) in [7, 11) is 0. The molecule has 0 saturated heterocycles. The van der Waals surface area contributed by atoms with Gasteiger partial charge in [-0.25, -0.2) is 4.79 Å². The van der Waals surface area contributed by atoms with Crippen molar-refractivity contribution in [2.75, 3.05) is 6.61 Å². The third kappa shape index (κ3) is 7.01. The second-order valence-electron chi connectivity index (χ2n) is 6.70. The number of amides is 2. The van der Waals surface area contributed by atoms with Crippen LogP contribution in [0.1, 0.15) is 21.7 Å². The van der Waals surface area contributed by atoms with Gasteiger partial charge in [0, 0.05) is 18.0 Å². The van der Waals surface area contributed by atoms with E-state index in [-0.39, 0.29) is 18.7 Å². The number of hydrogen-bond donors (Lipinski definition) is 2. The normalized spacial score (nSPS) is 11.4. The lowest BCUT2D eigenvalue weighted by Crippen LogP contribution is -2.44. The number of carbonyl (C=O) groups is 3. The molecule has 8 heteroatoms. The van der Waals surface area contributed by atoms with Crippen molar-refractivity contribution >= 4 is 29.4 Å². The van der Waals surface area contributed by atoms with Crippen molar-refractivity contribution in [2.24, 2.45) is 0 Å². The fourth-order valence-electron chi connectivity index (χ4n) is 2.77. The van der Waals surface area contributed by atoms with Crippen molar-refractivity contribution in [1.29, 1.82) is 0 Å². The predicted molar refractivity (Wildman–Crippen MR) is 114 cm³/mol. The fourth-order valence-corrected chi connectivity index (χ4v) is 2.90. The summed E-state index contributed by atoms with van der Waals surface area (Å²) in [4.78, 5) is 37.0. The van der Waals surface area contributed by atoms with E-state index in [1.165, 1.54) is 12.3 Å². The number of ether oxygens (including phenoxy) is 1. The van der Waals surface area contributed by atoms with E-state index in [0.29, 0.717) is 5.02 Å². The third-order valence-corrected chi connectivity index (χ3v) is 4.62. The molecule has 1 atom stereocenters. The first-order chi connectivity index (χ1) is 15.0. The summed E-state index contributed by atoms with van der Waals surface area (Å²) in [5.74, 6) is -1.65. The van der Waals surface area contributed by atoms with E-state index in [0.717, 1.165) is 11.1 Å². The maximum atomic E-state index is 12.6. The Morgan fingerprint density at radius 2 is 1.68 bits per heavy atom. The molecule has 0 fully saturated rings. The van der Waals surface area contributed by atoms with Gasteiger partial charge in [-0.2, -0.15) is 0 Å². The lowest BCUT2D eigenvalue weighted by molar-refractivity contribution is -0.150. The number of rotatable bonds is 9. The van der Waals surface area contributed by atoms with Gasteiger partial charge in [0.25, 0.3) is 11.8 Å². The summed E-state index contributed by atoms with van der Waals surface area (Å²) < 4.78 is 10.2. The highest BCUT2D eigenvalue weighted by Gasteiger charge is 2.25. The van der Waals surface area contributed by atoms with E-state index in [1.807, 2.05) is 30.3 Å². The van der Waals surface area contributed by atoms with E-state index >= 15 is 0 Å². The Kier molecular flexibility index (Phi) is 7.84. The van der Waals surface area contributed by atoms with Crippen LogP contribution < -0.4 is 10.6 Å². The van der Waals surface area contributed by atoms with Crippen molar-refractivity contribution in [3.05, 3.63) is 94.9 Å². The van der Waals surface area contributed by atoms with Crippen LogP contribution in [0.2, 0.25) is 5.02 Å². The summed E-state index contributed by atoms with van der Waals surface area (Å²) in [6, 6.07) is 18.3. The summed E-state index contributed by atoms with van der Waals surface area (Å²) in [6.45, 7) is -0.190. The summed E-state index contributed by atoms with van der Waals surface area (Å²) in [6.07, 6.45) is 1.57. The third-order valence-electron chi connectivity index (χ3n) is 4.37. The van der Waals surface area contributed by atoms with Gasteiger partial charge in [-0.15, -0.1) is 0 Å². The summed E-state index contributed by atoms with van der Waals surface area (Å²) >= 11 is 5.83. The number of esters is 1. The van der Waals surface area contributed by atoms with Crippen LogP contribution in [-0.2, 0) is 27.3 Å². The molecule has 7 nitrogen and oxygen atoms in total. The van der Waals surface area contributed by atoms with E-state index in [4.69, 9.17) is 20.8 Å². The monoisotopic (exact) mass is 440 g/mol. The molecule has 31 heavy (non-hydrogen) atoms. The van der Waals surface area contributed by atoms with Crippen LogP contribution in [-0.4, -0.2) is 30.4 Å². The zero-order valence-corrected chi connectivity index (χ0v) is 17.3. The SMILES string of the molecule is O=C(COC(=O)[C@H](Cc1ccccc1)NC(=O)c1ccco1)NCc1ccc(Cl)cc1. The Hall–Kier alpha value is -3.58. The highest BCUT2D eigenvalue weighted by molar-refractivity contribution is 6.30. The Balaban J connectivity index is 1.55.